The Bertz CT molecular complexity index is 549. The minimum absolute atomic E-state index is 0.0916. The van der Waals surface area contributed by atoms with E-state index in [-0.39, 0.29) is 33.1 Å². The molecule has 0 aliphatic carbocycles. The fourth-order valence-electron chi connectivity index (χ4n) is 1.29. The number of aromatic nitrogens is 4. The van der Waals surface area contributed by atoms with Crippen LogP contribution in [-0.2, 0) is 5.44 Å². The van der Waals surface area contributed by atoms with Crippen molar-refractivity contribution in [2.45, 2.75) is 10.8 Å². The van der Waals surface area contributed by atoms with Gasteiger partial charge in [-0.15, -0.1) is 0 Å². The average Bonchev–Trinajstić information content (AvgIpc) is 2.62. The van der Waals surface area contributed by atoms with Crippen LogP contribution in [0.3, 0.4) is 0 Å². The van der Waals surface area contributed by atoms with Gasteiger partial charge in [0.1, 0.15) is 0 Å². The van der Waals surface area contributed by atoms with E-state index >= 15 is 0 Å². The van der Waals surface area contributed by atoms with E-state index in [0.717, 1.165) is 10.8 Å². The van der Waals surface area contributed by atoms with Crippen LogP contribution in [0, 0.1) is 0 Å². The summed E-state index contributed by atoms with van der Waals surface area (Å²) in [5, 5.41) is 9.47. The van der Waals surface area contributed by atoms with Crippen LogP contribution in [-0.4, -0.2) is 46.2 Å². The standard InChI is InChI=1S/C8H11N5O2Se/c9-8-11-6-5(7(15)12-8)10-3-13(6)4-16-2-1-14/h3,14H,1-2,4H2,(H3,9,11,12,15). The minimum atomic E-state index is -0.323. The molecule has 0 aromatic carbocycles. The van der Waals surface area contributed by atoms with Gasteiger partial charge in [0.2, 0.25) is 0 Å². The van der Waals surface area contributed by atoms with E-state index in [1.807, 2.05) is 0 Å². The topological polar surface area (TPSA) is 110 Å². The number of imidazole rings is 1. The second kappa shape index (κ2) is 4.65. The van der Waals surface area contributed by atoms with Crippen molar-refractivity contribution >= 4 is 32.1 Å². The number of rotatable bonds is 4. The second-order valence-corrected chi connectivity index (χ2v) is 5.35. The van der Waals surface area contributed by atoms with E-state index < -0.39 is 0 Å². The number of aromatic amines is 1. The Balaban J connectivity index is 2.36. The zero-order valence-electron chi connectivity index (χ0n) is 8.38. The van der Waals surface area contributed by atoms with Crippen LogP contribution in [0.25, 0.3) is 11.2 Å². The van der Waals surface area contributed by atoms with Gasteiger partial charge in [0.05, 0.1) is 0 Å². The van der Waals surface area contributed by atoms with Gasteiger partial charge in [0, 0.05) is 0 Å². The summed E-state index contributed by atoms with van der Waals surface area (Å²) in [6, 6.07) is 0. The van der Waals surface area contributed by atoms with Crippen LogP contribution in [0.15, 0.2) is 11.1 Å². The second-order valence-electron chi connectivity index (χ2n) is 3.10. The van der Waals surface area contributed by atoms with Crippen LogP contribution in [0.2, 0.25) is 5.32 Å². The van der Waals surface area contributed by atoms with Crippen molar-refractivity contribution < 1.29 is 5.11 Å². The van der Waals surface area contributed by atoms with E-state index in [9.17, 15) is 4.79 Å². The Morgan fingerprint density at radius 2 is 2.44 bits per heavy atom. The molecule has 0 spiro atoms. The Labute approximate surface area is 96.9 Å². The first-order chi connectivity index (χ1) is 7.72. The molecule has 8 heteroatoms. The first-order valence-corrected chi connectivity index (χ1v) is 7.04. The third kappa shape index (κ3) is 2.08. The molecular formula is C8H11N5O2Se. The van der Waals surface area contributed by atoms with Crippen molar-refractivity contribution in [1.29, 1.82) is 0 Å². The number of aliphatic hydroxyl groups excluding tert-OH is 1. The molecule has 0 atom stereocenters. The molecule has 2 aromatic heterocycles. The summed E-state index contributed by atoms with van der Waals surface area (Å²) >= 11 is 0.265. The monoisotopic (exact) mass is 289 g/mol. The summed E-state index contributed by atoms with van der Waals surface area (Å²) in [4.78, 5) is 21.9. The Morgan fingerprint density at radius 1 is 1.62 bits per heavy atom. The van der Waals surface area contributed by atoms with Crippen LogP contribution in [0.5, 0.6) is 0 Å². The van der Waals surface area contributed by atoms with E-state index in [1.54, 1.807) is 10.9 Å². The van der Waals surface area contributed by atoms with E-state index in [2.05, 4.69) is 15.0 Å². The van der Waals surface area contributed by atoms with E-state index in [0.29, 0.717) is 11.2 Å². The third-order valence-electron chi connectivity index (χ3n) is 1.96. The Hall–Kier alpha value is -1.37. The molecule has 0 aliphatic heterocycles. The molecule has 86 valence electrons. The molecule has 16 heavy (non-hydrogen) atoms. The molecule has 4 N–H and O–H groups in total. The number of aliphatic hydroxyl groups is 1. The predicted octanol–water partition coefficient (Wildman–Crippen LogP) is -1.23. The Kier molecular flexibility index (Phi) is 3.23. The van der Waals surface area contributed by atoms with Gasteiger partial charge in [-0.05, 0) is 0 Å². The van der Waals surface area contributed by atoms with Crippen molar-refractivity contribution in [3.63, 3.8) is 0 Å². The number of nitrogens with one attached hydrogen (secondary N) is 1. The van der Waals surface area contributed by atoms with Gasteiger partial charge in [0.25, 0.3) is 0 Å². The number of H-pyrrole nitrogens is 1. The number of nitrogens with zero attached hydrogens (tertiary/aromatic N) is 3. The average molecular weight is 288 g/mol. The maximum absolute atomic E-state index is 11.5. The zero-order chi connectivity index (χ0) is 11.5. The van der Waals surface area contributed by atoms with Crippen LogP contribution in [0.1, 0.15) is 0 Å². The Morgan fingerprint density at radius 3 is 3.19 bits per heavy atom. The molecular weight excluding hydrogens is 277 g/mol. The number of nitrogen functional groups attached to an aromatic ring is 1. The quantitative estimate of drug-likeness (QED) is 0.482. The summed E-state index contributed by atoms with van der Waals surface area (Å²) in [5.74, 6) is 0.0916. The van der Waals surface area contributed by atoms with E-state index in [1.165, 1.54) is 0 Å². The van der Waals surface area contributed by atoms with Crippen molar-refractivity contribution in [3.8, 4) is 0 Å². The van der Waals surface area contributed by atoms with Gasteiger partial charge >= 0.3 is 96.5 Å². The number of anilines is 1. The van der Waals surface area contributed by atoms with Gasteiger partial charge in [-0.25, -0.2) is 0 Å². The molecule has 2 aromatic rings. The molecule has 0 bridgehead atoms. The molecule has 2 rings (SSSR count). The molecule has 0 aliphatic rings. The normalized spacial score (nSPS) is 11.1. The molecule has 0 saturated heterocycles. The fraction of sp³-hybridized carbons (Fsp3) is 0.375. The zero-order valence-corrected chi connectivity index (χ0v) is 10.1. The summed E-state index contributed by atoms with van der Waals surface area (Å²) in [7, 11) is 0. The van der Waals surface area contributed by atoms with Crippen molar-refractivity contribution in [3.05, 3.63) is 16.7 Å². The SMILES string of the molecule is Nc1nc2c(ncn2C[Se]CCO)c(=O)[nH]1. The predicted molar refractivity (Wildman–Crippen MR) is 60.2 cm³/mol. The summed E-state index contributed by atoms with van der Waals surface area (Å²) < 4.78 is 1.79. The maximum atomic E-state index is 11.5. The molecule has 0 amide bonds. The summed E-state index contributed by atoms with van der Waals surface area (Å²) in [6.07, 6.45) is 1.57. The fourth-order valence-corrected chi connectivity index (χ4v) is 2.64. The third-order valence-corrected chi connectivity index (χ3v) is 3.91. The number of nitrogens with two attached hydrogens (primary N) is 1. The molecule has 2 heterocycles. The van der Waals surface area contributed by atoms with Crippen molar-refractivity contribution in [2.75, 3.05) is 12.3 Å². The molecule has 0 fully saturated rings. The first kappa shape index (κ1) is 11.1. The molecule has 7 nitrogen and oxygen atoms in total. The van der Waals surface area contributed by atoms with Crippen LogP contribution < -0.4 is 11.3 Å². The van der Waals surface area contributed by atoms with Crippen LogP contribution in [0.4, 0.5) is 5.95 Å². The van der Waals surface area contributed by atoms with Crippen molar-refractivity contribution in [1.82, 2.24) is 19.5 Å². The van der Waals surface area contributed by atoms with Gasteiger partial charge < -0.3 is 0 Å². The van der Waals surface area contributed by atoms with Gasteiger partial charge in [0.15, 0.2) is 0 Å². The van der Waals surface area contributed by atoms with Gasteiger partial charge in [-0.1, -0.05) is 0 Å². The summed E-state index contributed by atoms with van der Waals surface area (Å²) in [5.41, 5.74) is 6.66. The number of hydrogen-bond donors (Lipinski definition) is 3. The molecule has 0 unspecified atom stereocenters. The van der Waals surface area contributed by atoms with Crippen molar-refractivity contribution in [2.24, 2.45) is 0 Å². The number of hydrogen-bond acceptors (Lipinski definition) is 5. The van der Waals surface area contributed by atoms with Gasteiger partial charge in [-0.2, -0.15) is 0 Å². The van der Waals surface area contributed by atoms with E-state index in [4.69, 9.17) is 10.8 Å². The van der Waals surface area contributed by atoms with Gasteiger partial charge in [-0.3, -0.25) is 0 Å². The first-order valence-electron chi connectivity index (χ1n) is 4.61. The van der Waals surface area contributed by atoms with Crippen LogP contribution >= 0.6 is 0 Å². The number of fused-ring (bicyclic) bond motifs is 1. The molecule has 0 radical (unpaired) electrons. The summed E-state index contributed by atoms with van der Waals surface area (Å²) in [6.45, 7) is 0.183. The molecule has 0 saturated carbocycles.